The molecule has 2 amide bonds. The highest BCUT2D eigenvalue weighted by molar-refractivity contribution is 7.98. The van der Waals surface area contributed by atoms with Crippen molar-refractivity contribution in [3.8, 4) is 0 Å². The van der Waals surface area contributed by atoms with Crippen LogP contribution in [0.2, 0.25) is 0 Å². The van der Waals surface area contributed by atoms with Crippen molar-refractivity contribution in [1.82, 2.24) is 15.1 Å². The highest BCUT2D eigenvalue weighted by atomic mass is 32.2. The maximum Gasteiger partial charge on any atom is 0.373 e. The number of carbonyl (C=O) groups excluding carboxylic acids is 3. The number of amides is 2. The van der Waals surface area contributed by atoms with E-state index in [2.05, 4.69) is 15.0 Å². The molecule has 1 aromatic heterocycles. The van der Waals surface area contributed by atoms with Crippen LogP contribution in [-0.4, -0.2) is 86.2 Å². The van der Waals surface area contributed by atoms with E-state index in [1.165, 1.54) is 14.2 Å². The van der Waals surface area contributed by atoms with Crippen molar-refractivity contribution in [3.05, 3.63) is 23.7 Å². The number of hydrogen-bond acceptors (Lipinski definition) is 8. The number of esters is 2. The van der Waals surface area contributed by atoms with E-state index >= 15 is 0 Å². The minimum Gasteiger partial charge on any atom is -0.467 e. The van der Waals surface area contributed by atoms with Crippen LogP contribution >= 0.6 is 11.8 Å². The van der Waals surface area contributed by atoms with Crippen LogP contribution in [-0.2, 0) is 20.8 Å². The number of furan rings is 1. The van der Waals surface area contributed by atoms with Crippen LogP contribution in [0.5, 0.6) is 0 Å². The van der Waals surface area contributed by atoms with E-state index < -0.39 is 18.0 Å². The zero-order chi connectivity index (χ0) is 21.2. The van der Waals surface area contributed by atoms with E-state index in [9.17, 15) is 14.4 Å². The summed E-state index contributed by atoms with van der Waals surface area (Å²) in [5.41, 5.74) is 0. The topological polar surface area (TPSA) is 101 Å². The van der Waals surface area contributed by atoms with Gasteiger partial charge >= 0.3 is 18.0 Å². The largest absolute Gasteiger partial charge is 0.467 e. The fourth-order valence-corrected chi connectivity index (χ4v) is 3.56. The third-order valence-corrected chi connectivity index (χ3v) is 5.34. The van der Waals surface area contributed by atoms with Crippen molar-refractivity contribution in [3.63, 3.8) is 0 Å². The van der Waals surface area contributed by atoms with Crippen LogP contribution < -0.4 is 5.32 Å². The summed E-state index contributed by atoms with van der Waals surface area (Å²) in [6.07, 6.45) is 3.28. The van der Waals surface area contributed by atoms with Gasteiger partial charge in [-0.2, -0.15) is 11.8 Å². The second kappa shape index (κ2) is 11.7. The summed E-state index contributed by atoms with van der Waals surface area (Å²) in [5.74, 6) is 0.674. The molecule has 2 heterocycles. The molecule has 1 aliphatic rings. The second-order valence-electron chi connectivity index (χ2n) is 6.68. The average Bonchev–Trinajstić information content (AvgIpc) is 3.07. The summed E-state index contributed by atoms with van der Waals surface area (Å²) in [6, 6.07) is 2.46. The SMILES string of the molecule is COC(=O)c1ccc(CN2CCCN(C(=O)NC(CCSC)C(=O)OC)CC2)o1. The molecule has 1 N–H and O–H groups in total. The van der Waals surface area contributed by atoms with Gasteiger partial charge in [-0.25, -0.2) is 14.4 Å². The Balaban J connectivity index is 1.87. The first-order chi connectivity index (χ1) is 14.0. The summed E-state index contributed by atoms with van der Waals surface area (Å²) in [7, 11) is 2.63. The Morgan fingerprint density at radius 3 is 2.66 bits per heavy atom. The predicted octanol–water partition coefficient (Wildman–Crippen LogP) is 1.58. The number of rotatable bonds is 8. The number of thioether (sulfide) groups is 1. The van der Waals surface area contributed by atoms with Crippen LogP contribution in [0.3, 0.4) is 0 Å². The quantitative estimate of drug-likeness (QED) is 0.624. The van der Waals surface area contributed by atoms with Crippen LogP contribution in [0.25, 0.3) is 0 Å². The number of nitrogens with one attached hydrogen (secondary N) is 1. The Kier molecular flexibility index (Phi) is 9.33. The molecule has 0 saturated carbocycles. The summed E-state index contributed by atoms with van der Waals surface area (Å²) in [6.45, 7) is 3.14. The molecule has 1 saturated heterocycles. The third-order valence-electron chi connectivity index (χ3n) is 4.70. The van der Waals surface area contributed by atoms with Crippen molar-refractivity contribution in [2.24, 2.45) is 0 Å². The molecule has 29 heavy (non-hydrogen) atoms. The van der Waals surface area contributed by atoms with Gasteiger partial charge < -0.3 is 24.1 Å². The van der Waals surface area contributed by atoms with Crippen LogP contribution in [0.1, 0.15) is 29.2 Å². The zero-order valence-corrected chi connectivity index (χ0v) is 18.0. The molecule has 0 aromatic carbocycles. The first kappa shape index (κ1) is 23.1. The van der Waals surface area contributed by atoms with Crippen molar-refractivity contribution in [1.29, 1.82) is 0 Å². The van der Waals surface area contributed by atoms with Crippen molar-refractivity contribution >= 4 is 29.7 Å². The Morgan fingerprint density at radius 1 is 1.17 bits per heavy atom. The Labute approximate surface area is 175 Å². The van der Waals surface area contributed by atoms with Gasteiger partial charge in [-0.15, -0.1) is 0 Å². The second-order valence-corrected chi connectivity index (χ2v) is 7.67. The fourth-order valence-electron chi connectivity index (χ4n) is 3.09. The molecule has 1 atom stereocenters. The molecule has 10 heteroatoms. The Morgan fingerprint density at radius 2 is 1.97 bits per heavy atom. The van der Waals surface area contributed by atoms with Crippen molar-refractivity contribution in [2.75, 3.05) is 52.4 Å². The van der Waals surface area contributed by atoms with Gasteiger partial charge in [0.25, 0.3) is 0 Å². The van der Waals surface area contributed by atoms with E-state index in [0.717, 1.165) is 18.7 Å². The van der Waals surface area contributed by atoms with Crippen LogP contribution in [0.4, 0.5) is 4.79 Å². The average molecular weight is 428 g/mol. The van der Waals surface area contributed by atoms with Gasteiger partial charge in [0.1, 0.15) is 11.8 Å². The number of urea groups is 1. The van der Waals surface area contributed by atoms with E-state index in [4.69, 9.17) is 9.15 Å². The highest BCUT2D eigenvalue weighted by Crippen LogP contribution is 2.14. The van der Waals surface area contributed by atoms with Crippen LogP contribution in [0, 0.1) is 0 Å². The summed E-state index contributed by atoms with van der Waals surface area (Å²) in [5, 5.41) is 2.80. The molecular weight excluding hydrogens is 398 g/mol. The molecule has 0 radical (unpaired) electrons. The number of hydrogen-bond donors (Lipinski definition) is 1. The maximum absolute atomic E-state index is 12.6. The Hall–Kier alpha value is -2.20. The number of nitrogens with zero attached hydrogens (tertiary/aromatic N) is 2. The van der Waals surface area contributed by atoms with Gasteiger partial charge in [0.15, 0.2) is 0 Å². The predicted molar refractivity (Wildman–Crippen MR) is 109 cm³/mol. The van der Waals surface area contributed by atoms with E-state index in [-0.39, 0.29) is 11.8 Å². The van der Waals surface area contributed by atoms with Crippen molar-refractivity contribution in [2.45, 2.75) is 25.4 Å². The summed E-state index contributed by atoms with van der Waals surface area (Å²) < 4.78 is 15.0. The minimum absolute atomic E-state index is 0.178. The summed E-state index contributed by atoms with van der Waals surface area (Å²) in [4.78, 5) is 39.9. The van der Waals surface area contributed by atoms with Gasteiger partial charge in [-0.3, -0.25) is 4.90 Å². The number of ether oxygens (including phenoxy) is 2. The molecule has 0 bridgehead atoms. The third kappa shape index (κ3) is 6.97. The van der Waals surface area contributed by atoms with Gasteiger partial charge in [-0.1, -0.05) is 0 Å². The molecule has 1 unspecified atom stereocenters. The lowest BCUT2D eigenvalue weighted by atomic mass is 10.2. The highest BCUT2D eigenvalue weighted by Gasteiger charge is 2.26. The van der Waals surface area contributed by atoms with Crippen LogP contribution in [0.15, 0.2) is 16.5 Å². The van der Waals surface area contributed by atoms with E-state index in [1.807, 2.05) is 6.26 Å². The monoisotopic (exact) mass is 427 g/mol. The first-order valence-corrected chi connectivity index (χ1v) is 10.9. The molecule has 1 fully saturated rings. The molecular formula is C19H29N3O6S. The normalized spacial score (nSPS) is 16.0. The lowest BCUT2D eigenvalue weighted by Gasteiger charge is -2.24. The number of methoxy groups -OCH3 is 2. The van der Waals surface area contributed by atoms with Gasteiger partial charge in [0.05, 0.1) is 20.8 Å². The lowest BCUT2D eigenvalue weighted by Crippen LogP contribution is -2.49. The Bertz CT molecular complexity index is 695. The zero-order valence-electron chi connectivity index (χ0n) is 17.1. The summed E-state index contributed by atoms with van der Waals surface area (Å²) >= 11 is 1.61. The minimum atomic E-state index is -0.640. The molecule has 0 spiro atoms. The number of carbonyl (C=O) groups is 3. The standard InChI is InChI=1S/C19H29N3O6S/c1-26-17(23)15(7-12-29-3)20-19(25)22-9-4-8-21(10-11-22)13-14-5-6-16(28-14)18(24)27-2/h5-6,15H,4,7-13H2,1-3H3,(H,20,25). The van der Waals surface area contributed by atoms with Crippen molar-refractivity contribution < 1.29 is 28.3 Å². The molecule has 162 valence electrons. The lowest BCUT2D eigenvalue weighted by molar-refractivity contribution is -0.142. The fraction of sp³-hybridized carbons (Fsp3) is 0.632. The van der Waals surface area contributed by atoms with Gasteiger partial charge in [-0.05, 0) is 37.0 Å². The maximum atomic E-state index is 12.6. The van der Waals surface area contributed by atoms with E-state index in [0.29, 0.717) is 38.4 Å². The van der Waals surface area contributed by atoms with Gasteiger partial charge in [0.2, 0.25) is 5.76 Å². The first-order valence-electron chi connectivity index (χ1n) is 9.50. The van der Waals surface area contributed by atoms with E-state index in [1.54, 1.807) is 28.8 Å². The molecule has 9 nitrogen and oxygen atoms in total. The molecule has 2 rings (SSSR count). The molecule has 1 aliphatic heterocycles. The molecule has 0 aliphatic carbocycles. The smallest absolute Gasteiger partial charge is 0.373 e. The molecule has 1 aromatic rings. The van der Waals surface area contributed by atoms with Gasteiger partial charge in [0, 0.05) is 26.2 Å².